The third kappa shape index (κ3) is 7.82. The van der Waals surface area contributed by atoms with Crippen LogP contribution in [0.5, 0.6) is 5.75 Å². The number of anilines is 1. The van der Waals surface area contributed by atoms with Crippen LogP contribution in [0.3, 0.4) is 0 Å². The number of rotatable bonds is 8. The molecule has 3 N–H and O–H groups in total. The van der Waals surface area contributed by atoms with Crippen LogP contribution in [0.4, 0.5) is 14.9 Å². The summed E-state index contributed by atoms with van der Waals surface area (Å²) in [5, 5.41) is 12.6. The van der Waals surface area contributed by atoms with Crippen molar-refractivity contribution in [1.29, 1.82) is 0 Å². The third-order valence-electron chi connectivity index (χ3n) is 6.51. The molecule has 0 aromatic heterocycles. The van der Waals surface area contributed by atoms with E-state index in [1.54, 1.807) is 24.9 Å². The van der Waals surface area contributed by atoms with Gasteiger partial charge in [0.2, 0.25) is 5.91 Å². The molecule has 0 radical (unpaired) electrons. The zero-order valence-electron chi connectivity index (χ0n) is 22.8. The number of likely N-dealkylation sites (N-methyl/N-ethyl adjacent to an activating group) is 1. The lowest BCUT2D eigenvalue weighted by Gasteiger charge is -2.34. The van der Waals surface area contributed by atoms with E-state index >= 15 is 0 Å². The molecule has 2 aromatic carbocycles. The number of aliphatic hydroxyl groups is 1. The summed E-state index contributed by atoms with van der Waals surface area (Å²) in [5.41, 5.74) is 0.649. The van der Waals surface area contributed by atoms with Gasteiger partial charge in [0.1, 0.15) is 17.7 Å². The number of aliphatic hydroxyl groups excluding tert-OH is 1. The topological polar surface area (TPSA) is 128 Å². The average molecular weight is 565 g/mol. The van der Waals surface area contributed by atoms with Gasteiger partial charge in [-0.15, -0.1) is 0 Å². The summed E-state index contributed by atoms with van der Waals surface area (Å²) in [5.74, 6) is -0.626. The summed E-state index contributed by atoms with van der Waals surface area (Å²) in [7, 11) is -2.35. The second kappa shape index (κ2) is 12.6. The van der Waals surface area contributed by atoms with Gasteiger partial charge >= 0.3 is 6.03 Å². The van der Waals surface area contributed by atoms with Gasteiger partial charge in [0.05, 0.1) is 30.5 Å². The van der Waals surface area contributed by atoms with Crippen LogP contribution in [0.1, 0.15) is 33.3 Å². The van der Waals surface area contributed by atoms with Crippen molar-refractivity contribution in [2.24, 2.45) is 5.92 Å². The molecule has 3 rings (SSSR count). The van der Waals surface area contributed by atoms with Crippen LogP contribution >= 0.6 is 0 Å². The van der Waals surface area contributed by atoms with Crippen LogP contribution in [0.25, 0.3) is 0 Å². The molecule has 0 saturated heterocycles. The van der Waals surface area contributed by atoms with Gasteiger partial charge in [0.25, 0.3) is 10.0 Å². The molecule has 39 heavy (non-hydrogen) atoms. The van der Waals surface area contributed by atoms with E-state index in [1.165, 1.54) is 17.0 Å². The van der Waals surface area contributed by atoms with E-state index in [9.17, 15) is 27.5 Å². The molecular weight excluding hydrogens is 527 g/mol. The monoisotopic (exact) mass is 564 g/mol. The Morgan fingerprint density at radius 3 is 2.49 bits per heavy atom. The number of sulfonamides is 1. The molecule has 0 saturated carbocycles. The summed E-state index contributed by atoms with van der Waals surface area (Å²) < 4.78 is 47.8. The summed E-state index contributed by atoms with van der Waals surface area (Å²) in [6.07, 6.45) is -0.595. The summed E-state index contributed by atoms with van der Waals surface area (Å²) in [6, 6.07) is 8.31. The van der Waals surface area contributed by atoms with E-state index in [0.717, 1.165) is 24.3 Å². The van der Waals surface area contributed by atoms with Crippen LogP contribution in [-0.2, 0) is 21.2 Å². The fourth-order valence-electron chi connectivity index (χ4n) is 4.25. The van der Waals surface area contributed by atoms with Crippen molar-refractivity contribution >= 4 is 27.6 Å². The van der Waals surface area contributed by atoms with Crippen LogP contribution < -0.4 is 14.8 Å². The fourth-order valence-corrected chi connectivity index (χ4v) is 5.30. The number of nitrogens with one attached hydrogen (secondary N) is 2. The zero-order valence-corrected chi connectivity index (χ0v) is 23.7. The second-order valence-electron chi connectivity index (χ2n) is 10.3. The molecule has 0 bridgehead atoms. The Labute approximate surface area is 229 Å². The summed E-state index contributed by atoms with van der Waals surface area (Å²) >= 11 is 0. The van der Waals surface area contributed by atoms with Crippen LogP contribution in [0, 0.1) is 11.7 Å². The van der Waals surface area contributed by atoms with Crippen molar-refractivity contribution < 1.29 is 32.2 Å². The first-order valence-corrected chi connectivity index (χ1v) is 14.3. The summed E-state index contributed by atoms with van der Waals surface area (Å²) in [6.45, 7) is 7.68. The Kier molecular flexibility index (Phi) is 9.78. The number of carbonyl (C=O) groups is 2. The maximum Gasteiger partial charge on any atom is 0.317 e. The first kappa shape index (κ1) is 30.2. The first-order valence-electron chi connectivity index (χ1n) is 12.8. The molecule has 214 valence electrons. The highest BCUT2D eigenvalue weighted by molar-refractivity contribution is 7.92. The average Bonchev–Trinajstić information content (AvgIpc) is 2.91. The predicted octanol–water partition coefficient (Wildman–Crippen LogP) is 2.83. The molecular formula is C27H37FN4O6S. The molecule has 3 atom stereocenters. The smallest absolute Gasteiger partial charge is 0.317 e. The molecule has 12 heteroatoms. The Balaban J connectivity index is 1.95. The number of amides is 3. The molecule has 0 fully saturated rings. The van der Waals surface area contributed by atoms with Gasteiger partial charge in [-0.05, 0) is 63.2 Å². The SMILES string of the molecule is CC(C)NC(=O)N(C)C[C@H]1Oc2ccc(NS(=O)(=O)c3ccc(F)cc3)cc2CC(=O)N([C@@H](C)CO)C[C@@H]1C. The lowest BCUT2D eigenvalue weighted by atomic mass is 10.0. The maximum absolute atomic E-state index is 13.3. The molecule has 0 spiro atoms. The highest BCUT2D eigenvalue weighted by Crippen LogP contribution is 2.30. The lowest BCUT2D eigenvalue weighted by molar-refractivity contribution is -0.134. The van der Waals surface area contributed by atoms with E-state index < -0.39 is 28.0 Å². The van der Waals surface area contributed by atoms with E-state index in [2.05, 4.69) is 10.0 Å². The number of ether oxygens (including phenoxy) is 1. The molecule has 1 aliphatic rings. The molecule has 10 nitrogen and oxygen atoms in total. The maximum atomic E-state index is 13.3. The number of urea groups is 1. The normalized spacial score (nSPS) is 18.8. The Hall–Kier alpha value is -3.38. The van der Waals surface area contributed by atoms with Crippen molar-refractivity contribution in [2.45, 2.75) is 57.2 Å². The van der Waals surface area contributed by atoms with E-state index in [-0.39, 0.29) is 54.1 Å². The Morgan fingerprint density at radius 1 is 1.21 bits per heavy atom. The van der Waals surface area contributed by atoms with Crippen LogP contribution in [0.15, 0.2) is 47.4 Å². The largest absolute Gasteiger partial charge is 0.488 e. The minimum atomic E-state index is -4.01. The highest BCUT2D eigenvalue weighted by atomic mass is 32.2. The van der Waals surface area contributed by atoms with Gasteiger partial charge in [0, 0.05) is 36.8 Å². The molecule has 0 aliphatic carbocycles. The molecule has 1 heterocycles. The molecule has 2 aromatic rings. The minimum absolute atomic E-state index is 0.0461. The second-order valence-corrected chi connectivity index (χ2v) is 11.9. The number of benzene rings is 2. The number of carbonyl (C=O) groups excluding carboxylic acids is 2. The van der Waals surface area contributed by atoms with Crippen molar-refractivity contribution in [3.63, 3.8) is 0 Å². The Morgan fingerprint density at radius 2 is 1.87 bits per heavy atom. The van der Waals surface area contributed by atoms with Gasteiger partial charge in [-0.25, -0.2) is 17.6 Å². The molecule has 3 amide bonds. The molecule has 0 unspecified atom stereocenters. The van der Waals surface area contributed by atoms with Gasteiger partial charge in [-0.3, -0.25) is 9.52 Å². The van der Waals surface area contributed by atoms with E-state index in [0.29, 0.717) is 17.9 Å². The minimum Gasteiger partial charge on any atom is -0.488 e. The predicted molar refractivity (Wildman–Crippen MR) is 145 cm³/mol. The number of nitrogens with zero attached hydrogens (tertiary/aromatic N) is 2. The number of hydrogen-bond donors (Lipinski definition) is 3. The third-order valence-corrected chi connectivity index (χ3v) is 7.90. The van der Waals surface area contributed by atoms with Crippen LogP contribution in [0.2, 0.25) is 0 Å². The quantitative estimate of drug-likeness (QED) is 0.453. The first-order chi connectivity index (χ1) is 18.3. The van der Waals surface area contributed by atoms with Gasteiger partial charge < -0.3 is 25.0 Å². The number of fused-ring (bicyclic) bond motifs is 1. The Bertz CT molecular complexity index is 1270. The van der Waals surface area contributed by atoms with Crippen molar-refractivity contribution in [3.05, 3.63) is 53.8 Å². The van der Waals surface area contributed by atoms with E-state index in [1.807, 2.05) is 20.8 Å². The summed E-state index contributed by atoms with van der Waals surface area (Å²) in [4.78, 5) is 28.9. The van der Waals surface area contributed by atoms with Gasteiger partial charge in [-0.2, -0.15) is 0 Å². The standard InChI is InChI=1S/C27H37FN4O6S/c1-17(2)29-27(35)31(5)15-25-18(3)14-32(19(4)16-33)26(34)13-20-12-22(8-11-24(20)38-25)30-39(36,37)23-9-6-21(28)7-10-23/h6-12,17-19,25,30,33H,13-16H2,1-5H3,(H,29,35)/t18-,19-,25+/m0/s1. The zero-order chi connectivity index (χ0) is 28.9. The van der Waals surface area contributed by atoms with Crippen molar-refractivity contribution in [1.82, 2.24) is 15.1 Å². The van der Waals surface area contributed by atoms with Gasteiger partial charge in [-0.1, -0.05) is 6.92 Å². The van der Waals surface area contributed by atoms with Gasteiger partial charge in [0.15, 0.2) is 0 Å². The fraction of sp³-hybridized carbons (Fsp3) is 0.481. The lowest BCUT2D eigenvalue weighted by Crippen LogP contribution is -2.49. The van der Waals surface area contributed by atoms with E-state index in [4.69, 9.17) is 4.74 Å². The highest BCUT2D eigenvalue weighted by Gasteiger charge is 2.32. The van der Waals surface area contributed by atoms with Crippen LogP contribution in [-0.4, -0.2) is 80.2 Å². The number of halogens is 1. The van der Waals surface area contributed by atoms with Crippen molar-refractivity contribution in [3.8, 4) is 5.75 Å². The van der Waals surface area contributed by atoms with Crippen molar-refractivity contribution in [2.75, 3.05) is 31.5 Å². The molecule has 1 aliphatic heterocycles. The number of hydrogen-bond acceptors (Lipinski definition) is 6.